The van der Waals surface area contributed by atoms with Crippen molar-refractivity contribution in [2.75, 3.05) is 5.43 Å². The average molecular weight is 372 g/mol. The quantitative estimate of drug-likeness (QED) is 0.318. The van der Waals surface area contributed by atoms with E-state index in [1.807, 2.05) is 6.08 Å². The van der Waals surface area contributed by atoms with Gasteiger partial charge in [-0.3, -0.25) is 25.7 Å². The van der Waals surface area contributed by atoms with Crippen molar-refractivity contribution >= 4 is 22.8 Å². The molecule has 1 aromatic carbocycles. The molecule has 0 heterocycles. The van der Waals surface area contributed by atoms with Gasteiger partial charge in [0.05, 0.1) is 21.6 Å². The van der Waals surface area contributed by atoms with Gasteiger partial charge in [-0.2, -0.15) is 5.10 Å². The molecule has 0 bridgehead atoms. The maximum Gasteiger partial charge on any atom is 0.301 e. The van der Waals surface area contributed by atoms with Crippen LogP contribution >= 0.6 is 0 Å². The van der Waals surface area contributed by atoms with Gasteiger partial charge in [0.2, 0.25) is 0 Å². The molecule has 0 saturated carbocycles. The second kappa shape index (κ2) is 8.11. The molecule has 0 saturated heterocycles. The van der Waals surface area contributed by atoms with Crippen LogP contribution in [0.5, 0.6) is 0 Å². The Labute approximate surface area is 158 Å². The standard InChI is InChI=1S/C19H24N4O4/c1-13-6-5-11-19(3,4)16(13)9-7-14(2)20-21-17-10-8-15(22(24)25)12-18(17)23(26)27/h6-10,12,16,21H,5,11H2,1-4H3/b9-7+,20-14+. The molecule has 1 aromatic rings. The first-order chi connectivity index (χ1) is 12.6. The second-order valence-corrected chi connectivity index (χ2v) is 7.39. The first-order valence-corrected chi connectivity index (χ1v) is 8.70. The zero-order valence-corrected chi connectivity index (χ0v) is 15.9. The van der Waals surface area contributed by atoms with E-state index in [1.165, 1.54) is 17.7 Å². The van der Waals surface area contributed by atoms with Gasteiger partial charge in [0.15, 0.2) is 0 Å². The number of anilines is 1. The van der Waals surface area contributed by atoms with Crippen LogP contribution in [0.4, 0.5) is 17.1 Å². The number of allylic oxidation sites excluding steroid dienone is 4. The van der Waals surface area contributed by atoms with E-state index in [-0.39, 0.29) is 16.8 Å². The minimum absolute atomic E-state index is 0.104. The Morgan fingerprint density at radius 2 is 2.00 bits per heavy atom. The number of rotatable bonds is 6. The highest BCUT2D eigenvalue weighted by atomic mass is 16.6. The van der Waals surface area contributed by atoms with Crippen LogP contribution in [-0.4, -0.2) is 15.6 Å². The number of hydrazone groups is 1. The number of non-ortho nitro benzene ring substituents is 1. The zero-order valence-electron chi connectivity index (χ0n) is 15.9. The molecular weight excluding hydrogens is 348 g/mol. The van der Waals surface area contributed by atoms with E-state index in [4.69, 9.17) is 0 Å². The van der Waals surface area contributed by atoms with Crippen molar-refractivity contribution in [3.63, 3.8) is 0 Å². The summed E-state index contributed by atoms with van der Waals surface area (Å²) in [7, 11) is 0. The number of benzene rings is 1. The van der Waals surface area contributed by atoms with Crippen LogP contribution in [0.25, 0.3) is 0 Å². The van der Waals surface area contributed by atoms with Gasteiger partial charge in [0, 0.05) is 12.0 Å². The Morgan fingerprint density at radius 1 is 1.30 bits per heavy atom. The number of hydrogen-bond acceptors (Lipinski definition) is 6. The lowest BCUT2D eigenvalue weighted by atomic mass is 9.68. The highest BCUT2D eigenvalue weighted by Crippen LogP contribution is 2.41. The van der Waals surface area contributed by atoms with Crippen molar-refractivity contribution in [1.29, 1.82) is 0 Å². The molecule has 1 unspecified atom stereocenters. The summed E-state index contributed by atoms with van der Waals surface area (Å²) in [6.07, 6.45) is 8.45. The smallest absolute Gasteiger partial charge is 0.271 e. The topological polar surface area (TPSA) is 111 Å². The molecule has 0 radical (unpaired) electrons. The third-order valence-corrected chi connectivity index (χ3v) is 4.86. The third kappa shape index (κ3) is 4.99. The lowest BCUT2D eigenvalue weighted by Gasteiger charge is -2.36. The summed E-state index contributed by atoms with van der Waals surface area (Å²) in [6, 6.07) is 3.41. The summed E-state index contributed by atoms with van der Waals surface area (Å²) in [4.78, 5) is 20.6. The van der Waals surface area contributed by atoms with E-state index in [9.17, 15) is 20.2 Å². The monoisotopic (exact) mass is 372 g/mol. The number of nitro groups is 2. The molecule has 0 fully saturated rings. The summed E-state index contributed by atoms with van der Waals surface area (Å²) < 4.78 is 0. The van der Waals surface area contributed by atoms with E-state index in [1.54, 1.807) is 6.92 Å². The van der Waals surface area contributed by atoms with Crippen LogP contribution in [0.2, 0.25) is 0 Å². The van der Waals surface area contributed by atoms with Gasteiger partial charge in [0.25, 0.3) is 5.69 Å². The highest BCUT2D eigenvalue weighted by Gasteiger charge is 2.30. The summed E-state index contributed by atoms with van der Waals surface area (Å²) in [6.45, 7) is 8.39. The van der Waals surface area contributed by atoms with Crippen molar-refractivity contribution in [1.82, 2.24) is 0 Å². The summed E-state index contributed by atoms with van der Waals surface area (Å²) in [5.41, 5.74) is 4.16. The van der Waals surface area contributed by atoms with Gasteiger partial charge < -0.3 is 0 Å². The molecule has 27 heavy (non-hydrogen) atoms. The zero-order chi connectivity index (χ0) is 20.2. The molecule has 8 nitrogen and oxygen atoms in total. The highest BCUT2D eigenvalue weighted by molar-refractivity contribution is 5.93. The lowest BCUT2D eigenvalue weighted by molar-refractivity contribution is -0.393. The minimum atomic E-state index is -0.672. The largest absolute Gasteiger partial charge is 0.301 e. The Hall–Kier alpha value is -3.03. The first-order valence-electron chi connectivity index (χ1n) is 8.70. The van der Waals surface area contributed by atoms with Crippen molar-refractivity contribution in [3.8, 4) is 0 Å². The summed E-state index contributed by atoms with van der Waals surface area (Å²) in [5, 5.41) is 26.1. The van der Waals surface area contributed by atoms with Crippen molar-refractivity contribution in [3.05, 3.63) is 62.2 Å². The number of nitro benzene ring substituents is 2. The molecule has 2 rings (SSSR count). The SMILES string of the molecule is CC1=CCCC(C)(C)C1/C=C/C(C)=N/Nc1ccc([N+](=O)[O-])cc1[N+](=O)[O-]. The first kappa shape index (κ1) is 20.3. The van der Waals surface area contributed by atoms with Gasteiger partial charge in [-0.25, -0.2) is 0 Å². The molecule has 1 atom stereocenters. The van der Waals surface area contributed by atoms with E-state index >= 15 is 0 Å². The summed E-state index contributed by atoms with van der Waals surface area (Å²) >= 11 is 0. The maximum atomic E-state index is 11.2. The number of nitrogens with one attached hydrogen (secondary N) is 1. The van der Waals surface area contributed by atoms with Crippen LogP contribution in [0, 0.1) is 31.6 Å². The van der Waals surface area contributed by atoms with Crippen molar-refractivity contribution in [2.45, 2.75) is 40.5 Å². The molecule has 0 amide bonds. The predicted octanol–water partition coefficient (Wildman–Crippen LogP) is 5.23. The Kier molecular flexibility index (Phi) is 6.09. The van der Waals surface area contributed by atoms with Crippen molar-refractivity contribution < 1.29 is 9.85 Å². The second-order valence-electron chi connectivity index (χ2n) is 7.39. The van der Waals surface area contributed by atoms with Crippen LogP contribution in [0.15, 0.2) is 47.1 Å². The number of hydrogen-bond donors (Lipinski definition) is 1. The van der Waals surface area contributed by atoms with Gasteiger partial charge in [-0.1, -0.05) is 31.6 Å². The lowest BCUT2D eigenvalue weighted by Crippen LogP contribution is -2.26. The molecule has 0 aliphatic heterocycles. The third-order valence-electron chi connectivity index (χ3n) is 4.86. The van der Waals surface area contributed by atoms with Gasteiger partial charge in [0.1, 0.15) is 5.69 Å². The fraction of sp³-hybridized carbons (Fsp3) is 0.421. The Balaban J connectivity index is 2.18. The van der Waals surface area contributed by atoms with Crippen molar-refractivity contribution in [2.24, 2.45) is 16.4 Å². The molecule has 144 valence electrons. The van der Waals surface area contributed by atoms with Crippen LogP contribution < -0.4 is 5.43 Å². The Bertz CT molecular complexity index is 840. The average Bonchev–Trinajstić information content (AvgIpc) is 2.58. The minimum Gasteiger partial charge on any atom is -0.271 e. The molecule has 0 aromatic heterocycles. The molecule has 8 heteroatoms. The predicted molar refractivity (Wildman–Crippen MR) is 106 cm³/mol. The molecular formula is C19H24N4O4. The van der Waals surface area contributed by atoms with Gasteiger partial charge in [-0.15, -0.1) is 0 Å². The molecule has 1 N–H and O–H groups in total. The molecule has 1 aliphatic carbocycles. The van der Waals surface area contributed by atoms with Crippen LogP contribution in [0.3, 0.4) is 0 Å². The number of nitrogens with zero attached hydrogens (tertiary/aromatic N) is 3. The fourth-order valence-electron chi connectivity index (χ4n) is 3.28. The van der Waals surface area contributed by atoms with E-state index in [2.05, 4.69) is 43.5 Å². The van der Waals surface area contributed by atoms with Crippen LogP contribution in [-0.2, 0) is 0 Å². The fourth-order valence-corrected chi connectivity index (χ4v) is 3.28. The van der Waals surface area contributed by atoms with E-state index in [0.29, 0.717) is 11.6 Å². The normalized spacial score (nSPS) is 19.6. The summed E-state index contributed by atoms with van der Waals surface area (Å²) in [5.74, 6) is 0.310. The van der Waals surface area contributed by atoms with Crippen LogP contribution in [0.1, 0.15) is 40.5 Å². The van der Waals surface area contributed by atoms with E-state index < -0.39 is 15.5 Å². The Morgan fingerprint density at radius 3 is 2.59 bits per heavy atom. The molecule has 1 aliphatic rings. The van der Waals surface area contributed by atoms with Gasteiger partial charge >= 0.3 is 5.69 Å². The molecule has 0 spiro atoms. The van der Waals surface area contributed by atoms with Gasteiger partial charge in [-0.05, 0) is 44.2 Å². The van der Waals surface area contributed by atoms with E-state index in [0.717, 1.165) is 18.9 Å². The maximum absolute atomic E-state index is 11.2.